The number of amides is 1. The molecule has 1 aliphatic carbocycles. The lowest BCUT2D eigenvalue weighted by atomic mass is 9.53. The summed E-state index contributed by atoms with van der Waals surface area (Å²) in [4.78, 5) is 12.3. The van der Waals surface area contributed by atoms with Crippen molar-refractivity contribution in [3.63, 3.8) is 0 Å². The number of aromatic amines is 1. The van der Waals surface area contributed by atoms with Gasteiger partial charge in [0.05, 0.1) is 18.2 Å². The van der Waals surface area contributed by atoms with E-state index in [4.69, 9.17) is 4.74 Å². The van der Waals surface area contributed by atoms with Crippen LogP contribution in [-0.4, -0.2) is 35.4 Å². The van der Waals surface area contributed by atoms with Crippen molar-refractivity contribution in [2.24, 2.45) is 11.3 Å². The normalized spacial score (nSPS) is 27.2. The molecule has 3 atom stereocenters. The molecule has 1 saturated carbocycles. The third kappa shape index (κ3) is 2.71. The molecule has 5 heteroatoms. The van der Waals surface area contributed by atoms with E-state index in [1.807, 2.05) is 13.0 Å². The van der Waals surface area contributed by atoms with Gasteiger partial charge in [-0.3, -0.25) is 9.89 Å². The van der Waals surface area contributed by atoms with Crippen molar-refractivity contribution >= 4 is 5.91 Å². The van der Waals surface area contributed by atoms with E-state index in [-0.39, 0.29) is 23.5 Å². The number of nitrogens with one attached hydrogen (secondary N) is 2. The van der Waals surface area contributed by atoms with Crippen molar-refractivity contribution in [3.05, 3.63) is 17.5 Å². The van der Waals surface area contributed by atoms with Crippen LogP contribution in [0.15, 0.2) is 6.07 Å². The average Bonchev–Trinajstić information content (AvgIpc) is 2.86. The quantitative estimate of drug-likeness (QED) is 0.845. The zero-order valence-electron chi connectivity index (χ0n) is 13.7. The Kier molecular flexibility index (Phi) is 4.71. The summed E-state index contributed by atoms with van der Waals surface area (Å²) in [5, 5.41) is 10.2. The number of aryl methyl sites for hydroxylation is 1. The van der Waals surface area contributed by atoms with Gasteiger partial charge in [0.15, 0.2) is 0 Å². The van der Waals surface area contributed by atoms with Gasteiger partial charge in [-0.05, 0) is 25.8 Å². The van der Waals surface area contributed by atoms with E-state index < -0.39 is 0 Å². The van der Waals surface area contributed by atoms with Crippen LogP contribution in [0.4, 0.5) is 0 Å². The van der Waals surface area contributed by atoms with Crippen molar-refractivity contribution < 1.29 is 9.53 Å². The zero-order valence-corrected chi connectivity index (χ0v) is 13.7. The first-order valence-corrected chi connectivity index (χ1v) is 7.81. The van der Waals surface area contributed by atoms with E-state index in [2.05, 4.69) is 36.3 Å². The summed E-state index contributed by atoms with van der Waals surface area (Å²) in [5.41, 5.74) is 1.83. The highest BCUT2D eigenvalue weighted by Gasteiger charge is 2.58. The molecule has 1 fully saturated rings. The Morgan fingerprint density at radius 3 is 2.62 bits per heavy atom. The van der Waals surface area contributed by atoms with Crippen LogP contribution < -0.4 is 5.32 Å². The zero-order chi connectivity index (χ0) is 15.6. The average molecular weight is 293 g/mol. The maximum absolute atomic E-state index is 12.3. The second-order valence-corrected chi connectivity index (χ2v) is 6.22. The third-order valence-corrected chi connectivity index (χ3v) is 5.18. The van der Waals surface area contributed by atoms with Gasteiger partial charge in [0.25, 0.3) is 0 Å². The monoisotopic (exact) mass is 293 g/mol. The number of rotatable bonds is 6. The number of hydrogen-bond acceptors (Lipinski definition) is 3. The Morgan fingerprint density at radius 2 is 2.14 bits per heavy atom. The van der Waals surface area contributed by atoms with Crippen LogP contribution in [0.5, 0.6) is 0 Å². The molecule has 1 amide bonds. The lowest BCUT2D eigenvalue weighted by Gasteiger charge is -2.59. The van der Waals surface area contributed by atoms with Crippen molar-refractivity contribution in [1.29, 1.82) is 0 Å². The van der Waals surface area contributed by atoms with Gasteiger partial charge in [-0.15, -0.1) is 0 Å². The number of hydrogen-bond donors (Lipinski definition) is 2. The van der Waals surface area contributed by atoms with Crippen molar-refractivity contribution in [3.8, 4) is 0 Å². The summed E-state index contributed by atoms with van der Waals surface area (Å²) < 4.78 is 5.66. The lowest BCUT2D eigenvalue weighted by Crippen LogP contribution is -2.70. The van der Waals surface area contributed by atoms with Crippen molar-refractivity contribution in [1.82, 2.24) is 15.5 Å². The Morgan fingerprint density at radius 1 is 1.48 bits per heavy atom. The maximum Gasteiger partial charge on any atom is 0.226 e. The van der Waals surface area contributed by atoms with Gasteiger partial charge in [-0.1, -0.05) is 20.8 Å². The predicted molar refractivity (Wildman–Crippen MR) is 81.9 cm³/mol. The summed E-state index contributed by atoms with van der Waals surface area (Å²) in [6.07, 6.45) is 2.58. The fraction of sp³-hybridized carbons (Fsp3) is 0.750. The van der Waals surface area contributed by atoms with E-state index in [1.165, 1.54) is 0 Å². The molecule has 0 radical (unpaired) electrons. The summed E-state index contributed by atoms with van der Waals surface area (Å²) in [7, 11) is 1.77. The Balaban J connectivity index is 2.02. The lowest BCUT2D eigenvalue weighted by molar-refractivity contribution is -0.172. The number of ether oxygens (including phenoxy) is 1. The number of aromatic nitrogens is 2. The molecule has 1 heterocycles. The molecule has 0 spiro atoms. The topological polar surface area (TPSA) is 67.0 Å². The van der Waals surface area contributed by atoms with Crippen LogP contribution in [-0.2, 0) is 16.0 Å². The number of nitrogens with zero attached hydrogens (tertiary/aromatic N) is 1. The fourth-order valence-electron chi connectivity index (χ4n) is 4.05. The summed E-state index contributed by atoms with van der Waals surface area (Å²) >= 11 is 0. The van der Waals surface area contributed by atoms with Crippen LogP contribution in [0.2, 0.25) is 0 Å². The van der Waals surface area contributed by atoms with Crippen LogP contribution in [0, 0.1) is 18.3 Å². The molecule has 0 bridgehead atoms. The minimum Gasteiger partial charge on any atom is -0.380 e. The van der Waals surface area contributed by atoms with E-state index in [0.29, 0.717) is 12.3 Å². The standard InChI is InChI=1S/C16H27N3O2/c1-6-16(7-2)14(11(4)15(16)21-5)17-13(20)9-12-8-10(3)18-19-12/h8,11,14-15H,6-7,9H2,1-5H3,(H,17,20)(H,18,19). The van der Waals surface area contributed by atoms with Gasteiger partial charge >= 0.3 is 0 Å². The summed E-state index contributed by atoms with van der Waals surface area (Å²) in [5.74, 6) is 0.388. The molecule has 2 N–H and O–H groups in total. The van der Waals surface area contributed by atoms with Gasteiger partial charge in [-0.25, -0.2) is 0 Å². The van der Waals surface area contributed by atoms with E-state index in [9.17, 15) is 4.79 Å². The van der Waals surface area contributed by atoms with Gasteiger partial charge < -0.3 is 10.1 Å². The van der Waals surface area contributed by atoms with Crippen molar-refractivity contribution in [2.75, 3.05) is 7.11 Å². The number of carbonyl (C=O) groups is 1. The van der Waals surface area contributed by atoms with Crippen LogP contribution in [0.25, 0.3) is 0 Å². The fourth-order valence-corrected chi connectivity index (χ4v) is 4.05. The summed E-state index contributed by atoms with van der Waals surface area (Å²) in [6.45, 7) is 8.45. The molecule has 3 unspecified atom stereocenters. The minimum atomic E-state index is 0.0409. The second kappa shape index (κ2) is 6.18. The highest BCUT2D eigenvalue weighted by Crippen LogP contribution is 2.52. The molecule has 1 aromatic rings. The third-order valence-electron chi connectivity index (χ3n) is 5.18. The number of H-pyrrole nitrogens is 1. The van der Waals surface area contributed by atoms with Gasteiger partial charge in [0, 0.05) is 30.2 Å². The van der Waals surface area contributed by atoms with Gasteiger partial charge in [0.2, 0.25) is 5.91 Å². The van der Waals surface area contributed by atoms with E-state index >= 15 is 0 Å². The van der Waals surface area contributed by atoms with Gasteiger partial charge in [0.1, 0.15) is 0 Å². The van der Waals surface area contributed by atoms with Crippen LogP contribution in [0.1, 0.15) is 45.0 Å². The summed E-state index contributed by atoms with van der Waals surface area (Å²) in [6, 6.07) is 2.10. The first-order valence-electron chi connectivity index (χ1n) is 7.81. The largest absolute Gasteiger partial charge is 0.380 e. The Hall–Kier alpha value is -1.36. The van der Waals surface area contributed by atoms with Crippen molar-refractivity contribution in [2.45, 2.75) is 59.1 Å². The molecule has 1 aliphatic rings. The molecule has 0 aromatic carbocycles. The molecular formula is C16H27N3O2. The highest BCUT2D eigenvalue weighted by molar-refractivity contribution is 5.78. The number of carbonyl (C=O) groups excluding carboxylic acids is 1. The Bertz CT molecular complexity index is 493. The maximum atomic E-state index is 12.3. The number of methoxy groups -OCH3 is 1. The van der Waals surface area contributed by atoms with E-state index in [1.54, 1.807) is 7.11 Å². The molecule has 1 aromatic heterocycles. The first-order chi connectivity index (χ1) is 9.98. The van der Waals surface area contributed by atoms with Crippen LogP contribution >= 0.6 is 0 Å². The van der Waals surface area contributed by atoms with Crippen LogP contribution in [0.3, 0.4) is 0 Å². The molecule has 2 rings (SSSR count). The first kappa shape index (κ1) is 16.0. The molecule has 0 aliphatic heterocycles. The molecule has 21 heavy (non-hydrogen) atoms. The smallest absolute Gasteiger partial charge is 0.226 e. The molecule has 5 nitrogen and oxygen atoms in total. The SMILES string of the molecule is CCC1(CC)C(NC(=O)Cc2cc(C)[nH]n2)C(C)C1OC. The molecule has 0 saturated heterocycles. The molecular weight excluding hydrogens is 266 g/mol. The van der Waals surface area contributed by atoms with Gasteiger partial charge in [-0.2, -0.15) is 5.10 Å². The predicted octanol–water partition coefficient (Wildman–Crippen LogP) is 2.22. The minimum absolute atomic E-state index is 0.0409. The van der Waals surface area contributed by atoms with E-state index in [0.717, 1.165) is 24.2 Å². The highest BCUT2D eigenvalue weighted by atomic mass is 16.5. The second-order valence-electron chi connectivity index (χ2n) is 6.22. The Labute approximate surface area is 126 Å². The molecule has 118 valence electrons.